The molecule has 2 unspecified atom stereocenters. The summed E-state index contributed by atoms with van der Waals surface area (Å²) in [7, 11) is 0. The second-order valence-corrected chi connectivity index (χ2v) is 21.9. The van der Waals surface area contributed by atoms with Gasteiger partial charge >= 0.3 is 0 Å². The second-order valence-electron chi connectivity index (χ2n) is 19.3. The quantitative estimate of drug-likeness (QED) is 0.0991. The number of piperazine rings is 1. The largest absolute Gasteiger partial charge is 1.00 e. The first-order valence-corrected chi connectivity index (χ1v) is 28.3. The van der Waals surface area contributed by atoms with Crippen LogP contribution in [0.5, 0.6) is 0 Å². The molecule has 0 N–H and O–H groups in total. The molecule has 16 heteroatoms. The number of nitrogens with zero attached hydrogens (tertiary/aromatic N) is 7. The maximum absolute atomic E-state index is 12.8. The fourth-order valence-electron chi connectivity index (χ4n) is 9.76. The number of halogens is 3. The van der Waals surface area contributed by atoms with Crippen molar-refractivity contribution in [3.05, 3.63) is 122 Å². The van der Waals surface area contributed by atoms with Crippen molar-refractivity contribution < 1.29 is 65.3 Å². The molecule has 3 aliphatic heterocycles. The Morgan fingerprint density at radius 2 is 1.18 bits per heavy atom. The van der Waals surface area contributed by atoms with Crippen LogP contribution in [0.4, 0.5) is 0 Å². The van der Waals surface area contributed by atoms with Gasteiger partial charge in [-0.2, -0.15) is 13.7 Å². The van der Waals surface area contributed by atoms with Gasteiger partial charge in [0.15, 0.2) is 17.6 Å². The number of thiazole rings is 3. The zero-order valence-electron chi connectivity index (χ0n) is 42.9. The third-order valence-corrected chi connectivity index (χ3v) is 16.4. The molecule has 0 radical (unpaired) electrons. The molecule has 10 nitrogen and oxygen atoms in total. The van der Waals surface area contributed by atoms with Gasteiger partial charge in [0.1, 0.15) is 0 Å². The van der Waals surface area contributed by atoms with Crippen LogP contribution in [0.1, 0.15) is 119 Å². The molecular formula is C55H80Cl3N7O3S3. The van der Waals surface area contributed by atoms with Crippen molar-refractivity contribution in [1.29, 1.82) is 0 Å². The molecule has 5 aromatic rings. The first-order chi connectivity index (χ1) is 33.1. The highest BCUT2D eigenvalue weighted by Gasteiger charge is 2.31. The zero-order valence-corrected chi connectivity index (χ0v) is 47.7. The number of likely N-dealkylation sites (tertiary alicyclic amines) is 2. The van der Waals surface area contributed by atoms with Gasteiger partial charge in [-0.3, -0.25) is 19.3 Å². The highest BCUT2D eigenvalue weighted by atomic mass is 35.5. The summed E-state index contributed by atoms with van der Waals surface area (Å²) in [4.78, 5) is 47.4. The molecule has 392 valence electrons. The molecule has 3 amide bonds. The van der Waals surface area contributed by atoms with Gasteiger partial charge in [0.25, 0.3) is 17.7 Å². The van der Waals surface area contributed by atoms with Crippen LogP contribution in [0, 0.1) is 19.8 Å². The van der Waals surface area contributed by atoms with Crippen LogP contribution in [-0.4, -0.2) is 88.7 Å². The van der Waals surface area contributed by atoms with E-state index in [1.807, 2.05) is 43.1 Å². The van der Waals surface area contributed by atoms with Crippen molar-refractivity contribution in [1.82, 2.24) is 19.6 Å². The molecule has 2 aromatic carbocycles. The van der Waals surface area contributed by atoms with Gasteiger partial charge in [-0.15, -0.1) is 0 Å². The predicted molar refractivity (Wildman–Crippen MR) is 277 cm³/mol. The van der Waals surface area contributed by atoms with Crippen LogP contribution in [0.2, 0.25) is 0 Å². The minimum Gasteiger partial charge on any atom is -1.00 e. The van der Waals surface area contributed by atoms with E-state index in [0.29, 0.717) is 37.6 Å². The minimum absolute atomic E-state index is 0. The number of amides is 3. The van der Waals surface area contributed by atoms with Crippen LogP contribution in [0.3, 0.4) is 0 Å². The number of carbonyl (C=O) groups is 3. The average Bonchev–Trinajstić information content (AvgIpc) is 4.09. The Morgan fingerprint density at radius 1 is 0.620 bits per heavy atom. The summed E-state index contributed by atoms with van der Waals surface area (Å²) in [5.41, 5.74) is 11.4. The average molecular weight is 1090 g/mol. The molecular weight excluding hydrogens is 1010 g/mol. The summed E-state index contributed by atoms with van der Waals surface area (Å²) < 4.78 is 6.22. The van der Waals surface area contributed by atoms with E-state index in [4.69, 9.17) is 0 Å². The number of piperidine rings is 2. The van der Waals surface area contributed by atoms with Gasteiger partial charge < -0.3 is 51.9 Å². The summed E-state index contributed by atoms with van der Waals surface area (Å²) in [5, 5.41) is 4.30. The van der Waals surface area contributed by atoms with Gasteiger partial charge in [-0.25, -0.2) is 0 Å². The van der Waals surface area contributed by atoms with Crippen LogP contribution in [0.25, 0.3) is 0 Å². The molecule has 3 saturated heterocycles. The lowest BCUT2D eigenvalue weighted by Gasteiger charge is -2.38. The van der Waals surface area contributed by atoms with Gasteiger partial charge in [0.05, 0.1) is 15.6 Å². The van der Waals surface area contributed by atoms with Crippen LogP contribution in [0.15, 0.2) is 94.2 Å². The van der Waals surface area contributed by atoms with E-state index >= 15 is 0 Å². The van der Waals surface area contributed by atoms with Crippen LogP contribution < -0.4 is 50.9 Å². The van der Waals surface area contributed by atoms with Crippen molar-refractivity contribution in [2.24, 2.45) is 5.92 Å². The zero-order chi connectivity index (χ0) is 48.1. The number of unbranched alkanes of at least 4 members (excludes halogenated alkanes) is 5. The van der Waals surface area contributed by atoms with E-state index < -0.39 is 0 Å². The molecule has 6 heterocycles. The van der Waals surface area contributed by atoms with Crippen LogP contribution >= 0.6 is 34.0 Å². The Labute approximate surface area is 456 Å². The van der Waals surface area contributed by atoms with Crippen LogP contribution in [-0.2, 0) is 53.4 Å². The fraction of sp³-hybridized carbons (Fsp3) is 0.564. The van der Waals surface area contributed by atoms with Gasteiger partial charge in [0, 0.05) is 71.2 Å². The van der Waals surface area contributed by atoms with Crippen molar-refractivity contribution in [2.45, 2.75) is 156 Å². The molecule has 0 bridgehead atoms. The monoisotopic (exact) mass is 1090 g/mol. The number of benzene rings is 2. The number of carbonyl (C=O) groups excluding carboxylic acids is 3. The highest BCUT2D eigenvalue weighted by molar-refractivity contribution is 7.09. The van der Waals surface area contributed by atoms with Crippen molar-refractivity contribution in [3.8, 4) is 0 Å². The Bertz CT molecular complexity index is 2240. The molecule has 3 fully saturated rings. The summed E-state index contributed by atoms with van der Waals surface area (Å²) in [6.07, 6.45) is 17.9. The minimum atomic E-state index is 0. The molecule has 71 heavy (non-hydrogen) atoms. The standard InChI is InChI=1S/C24H36N3OS.C18H23N2OS.C13H21N2OS.3ClH/c1-2-3-4-5-6-10-13-23-20-29-21-27(23)19-24(28)26-16-14-25(15-17-26)18-22-11-8-7-9-12-22;1-15-12-19(14-22-15)13-18(21)20-9-7-17(8-10-20)11-16-5-3-2-4-6-16;1-10-5-4-6-11(2)15(10)13(16)7-14-9-17-8-12(14)3;;;/h7-9,11-12,20-21H,2-6,10,13-19H2,1H3;2-6,12,14,17H,7-11,13H2,1H3;8-11H,4-7H2,1-3H3;3*1H/q3*+1;;;/p-3. The number of aromatic nitrogens is 3. The summed E-state index contributed by atoms with van der Waals surface area (Å²) in [5.74, 6) is 1.48. The summed E-state index contributed by atoms with van der Waals surface area (Å²) >= 11 is 5.05. The van der Waals surface area contributed by atoms with Gasteiger partial charge in [-0.1, -0.05) is 134 Å². The predicted octanol–water partition coefficient (Wildman–Crippen LogP) is 0.254. The molecule has 8 rings (SSSR count). The summed E-state index contributed by atoms with van der Waals surface area (Å²) in [6, 6.07) is 22.1. The van der Waals surface area contributed by atoms with E-state index in [-0.39, 0.29) is 54.9 Å². The van der Waals surface area contributed by atoms with Gasteiger partial charge in [0.2, 0.25) is 36.2 Å². The lowest BCUT2D eigenvalue weighted by Crippen LogP contribution is -3.00. The molecule has 0 saturated carbocycles. The smallest absolute Gasteiger partial charge is 0.289 e. The second kappa shape index (κ2) is 33.4. The Kier molecular flexibility index (Phi) is 29.1. The maximum Gasteiger partial charge on any atom is 0.289 e. The fourth-order valence-corrected chi connectivity index (χ4v) is 12.0. The molecule has 0 spiro atoms. The summed E-state index contributed by atoms with van der Waals surface area (Å²) in [6.45, 7) is 18.5. The molecule has 3 aromatic heterocycles. The maximum atomic E-state index is 12.8. The first kappa shape index (κ1) is 61.9. The van der Waals surface area contributed by atoms with Crippen molar-refractivity contribution in [3.63, 3.8) is 0 Å². The number of hydrogen-bond donors (Lipinski definition) is 0. The Hall–Kier alpha value is -3.43. The first-order valence-electron chi connectivity index (χ1n) is 25.5. The third-order valence-electron chi connectivity index (χ3n) is 13.9. The van der Waals surface area contributed by atoms with E-state index in [1.54, 1.807) is 34.0 Å². The van der Waals surface area contributed by atoms with E-state index in [9.17, 15) is 14.4 Å². The van der Waals surface area contributed by atoms with Crippen molar-refractivity contribution in [2.75, 3.05) is 39.3 Å². The third kappa shape index (κ3) is 20.8. The van der Waals surface area contributed by atoms with E-state index in [1.165, 1.54) is 72.3 Å². The number of hydrogen-bond acceptors (Lipinski definition) is 7. The molecule has 3 aliphatic rings. The Morgan fingerprint density at radius 3 is 1.79 bits per heavy atom. The van der Waals surface area contributed by atoms with Crippen molar-refractivity contribution >= 4 is 51.7 Å². The number of aryl methyl sites for hydroxylation is 3. The Balaban J connectivity index is 0.000000285. The highest BCUT2D eigenvalue weighted by Crippen LogP contribution is 2.23. The molecule has 0 aliphatic carbocycles. The lowest BCUT2D eigenvalue weighted by atomic mass is 9.90. The lowest BCUT2D eigenvalue weighted by molar-refractivity contribution is -0.687. The van der Waals surface area contributed by atoms with E-state index in [0.717, 1.165) is 84.3 Å². The van der Waals surface area contributed by atoms with Gasteiger partial charge in [-0.05, 0) is 82.8 Å². The number of rotatable bonds is 17. The topological polar surface area (TPSA) is 75.8 Å². The SMILES string of the molecule is CCCCCCCCc1csc[n+]1CC(=O)N1CCN(Cc2ccccc2)CC1.Cc1c[n+](CC(=O)N2CCC(Cc3ccccc3)CC2)cs1.Cc1csc[n+]1CC(=O)N1C(C)CCCC1C.[Cl-].[Cl-].[Cl-]. The molecule has 2 atom stereocenters. The normalized spacial score (nSPS) is 17.1. The van der Waals surface area contributed by atoms with E-state index in [2.05, 4.69) is 119 Å².